The number of halogens is 1. The molecule has 0 aliphatic heterocycles. The van der Waals surface area contributed by atoms with Crippen LogP contribution < -0.4 is 5.73 Å². The number of aromatic amines is 1. The lowest BCUT2D eigenvalue weighted by molar-refractivity contribution is 0.973. The standard InChI is InChI=1S/C12H10BrN5S/c13-9-4-3-7(10-8(9)2-1-5-15-10)6-19-12-16-11(14)17-18-12/h1-5H,6H2,(H3,14,16,17,18). The lowest BCUT2D eigenvalue weighted by atomic mass is 10.1. The van der Waals surface area contributed by atoms with Crippen molar-refractivity contribution in [2.45, 2.75) is 10.9 Å². The third kappa shape index (κ3) is 2.57. The van der Waals surface area contributed by atoms with Crippen LogP contribution in [0.5, 0.6) is 0 Å². The molecule has 0 aliphatic rings. The van der Waals surface area contributed by atoms with Crippen molar-refractivity contribution in [1.82, 2.24) is 20.2 Å². The summed E-state index contributed by atoms with van der Waals surface area (Å²) in [5.41, 5.74) is 7.64. The van der Waals surface area contributed by atoms with E-state index < -0.39 is 0 Å². The summed E-state index contributed by atoms with van der Waals surface area (Å²) in [5, 5.41) is 8.37. The molecule has 5 nitrogen and oxygen atoms in total. The van der Waals surface area contributed by atoms with Gasteiger partial charge in [0.15, 0.2) is 0 Å². The number of nitrogens with two attached hydrogens (primary N) is 1. The third-order valence-corrected chi connectivity index (χ3v) is 4.23. The SMILES string of the molecule is Nc1nc(SCc2ccc(Br)c3cccnc23)n[nH]1. The van der Waals surface area contributed by atoms with Crippen LogP contribution >= 0.6 is 27.7 Å². The highest BCUT2D eigenvalue weighted by atomic mass is 79.9. The van der Waals surface area contributed by atoms with E-state index in [1.165, 1.54) is 11.8 Å². The van der Waals surface area contributed by atoms with Crippen molar-refractivity contribution < 1.29 is 0 Å². The average Bonchev–Trinajstić information content (AvgIpc) is 2.84. The summed E-state index contributed by atoms with van der Waals surface area (Å²) in [6.45, 7) is 0. The first-order chi connectivity index (χ1) is 9.24. The summed E-state index contributed by atoms with van der Waals surface area (Å²) in [7, 11) is 0. The number of anilines is 1. The fourth-order valence-corrected chi connectivity index (χ4v) is 3.02. The van der Waals surface area contributed by atoms with E-state index in [4.69, 9.17) is 5.73 Å². The number of hydrogen-bond donors (Lipinski definition) is 2. The van der Waals surface area contributed by atoms with Gasteiger partial charge in [0.25, 0.3) is 0 Å². The summed E-state index contributed by atoms with van der Waals surface area (Å²) in [4.78, 5) is 8.51. The first-order valence-corrected chi connectivity index (χ1v) is 7.34. The number of hydrogen-bond acceptors (Lipinski definition) is 5. The van der Waals surface area contributed by atoms with Gasteiger partial charge in [-0.15, -0.1) is 5.10 Å². The lowest BCUT2D eigenvalue weighted by Crippen LogP contribution is -1.89. The molecule has 0 saturated carbocycles. The first kappa shape index (κ1) is 12.4. The van der Waals surface area contributed by atoms with Crippen molar-refractivity contribution in [3.63, 3.8) is 0 Å². The summed E-state index contributed by atoms with van der Waals surface area (Å²) >= 11 is 5.06. The van der Waals surface area contributed by atoms with E-state index in [1.807, 2.05) is 18.2 Å². The van der Waals surface area contributed by atoms with Gasteiger partial charge in [0.2, 0.25) is 11.1 Å². The predicted molar refractivity (Wildman–Crippen MR) is 79.8 cm³/mol. The maximum absolute atomic E-state index is 5.50. The van der Waals surface area contributed by atoms with Crippen LogP contribution in [0, 0.1) is 0 Å². The second kappa shape index (κ2) is 5.18. The molecule has 0 fully saturated rings. The zero-order valence-corrected chi connectivity index (χ0v) is 12.2. The van der Waals surface area contributed by atoms with Gasteiger partial charge in [-0.1, -0.05) is 39.8 Å². The highest BCUT2D eigenvalue weighted by Gasteiger charge is 2.07. The second-order valence-corrected chi connectivity index (χ2v) is 5.69. The van der Waals surface area contributed by atoms with Crippen molar-refractivity contribution in [2.24, 2.45) is 0 Å². The van der Waals surface area contributed by atoms with Gasteiger partial charge in [0.1, 0.15) is 0 Å². The van der Waals surface area contributed by atoms with E-state index in [0.29, 0.717) is 11.1 Å². The van der Waals surface area contributed by atoms with Gasteiger partial charge in [0.05, 0.1) is 5.52 Å². The molecule has 96 valence electrons. The Morgan fingerprint density at radius 1 is 1.32 bits per heavy atom. The molecular weight excluding hydrogens is 326 g/mol. The van der Waals surface area contributed by atoms with Crippen LogP contribution in [0.3, 0.4) is 0 Å². The largest absolute Gasteiger partial charge is 0.368 e. The molecule has 0 bridgehead atoms. The van der Waals surface area contributed by atoms with Gasteiger partial charge in [-0.3, -0.25) is 4.98 Å². The number of nitrogens with one attached hydrogen (secondary N) is 1. The Kier molecular flexibility index (Phi) is 3.39. The first-order valence-electron chi connectivity index (χ1n) is 5.57. The Balaban J connectivity index is 1.91. The molecule has 0 atom stereocenters. The molecular formula is C12H10BrN5S. The number of thioether (sulfide) groups is 1. The minimum atomic E-state index is 0.335. The number of pyridine rings is 1. The van der Waals surface area contributed by atoms with Gasteiger partial charge in [-0.2, -0.15) is 4.98 Å². The monoisotopic (exact) mass is 335 g/mol. The van der Waals surface area contributed by atoms with Gasteiger partial charge in [0, 0.05) is 21.8 Å². The Labute approximate surface area is 122 Å². The summed E-state index contributed by atoms with van der Waals surface area (Å²) in [5.74, 6) is 1.08. The minimum Gasteiger partial charge on any atom is -0.368 e. The molecule has 1 aromatic carbocycles. The molecule has 3 N–H and O–H groups in total. The topological polar surface area (TPSA) is 80.5 Å². The van der Waals surface area contributed by atoms with Crippen LogP contribution in [0.1, 0.15) is 5.56 Å². The lowest BCUT2D eigenvalue weighted by Gasteiger charge is -2.05. The molecule has 0 unspecified atom stereocenters. The van der Waals surface area contributed by atoms with Crippen molar-refractivity contribution in [3.8, 4) is 0 Å². The van der Waals surface area contributed by atoms with Crippen LogP contribution in [0.15, 0.2) is 40.1 Å². The van der Waals surface area contributed by atoms with Crippen LogP contribution in [-0.2, 0) is 5.75 Å². The molecule has 2 aromatic heterocycles. The molecule has 0 saturated heterocycles. The Hall–Kier alpha value is -1.60. The fourth-order valence-electron chi connectivity index (χ4n) is 1.78. The quantitative estimate of drug-likeness (QED) is 0.719. The molecule has 3 rings (SSSR count). The molecule has 7 heteroatoms. The summed E-state index contributed by atoms with van der Waals surface area (Å²) < 4.78 is 1.05. The maximum Gasteiger partial charge on any atom is 0.216 e. The van der Waals surface area contributed by atoms with Crippen molar-refractivity contribution in [1.29, 1.82) is 0 Å². The number of aromatic nitrogens is 4. The zero-order valence-electron chi connectivity index (χ0n) is 9.80. The van der Waals surface area contributed by atoms with E-state index in [-0.39, 0.29) is 0 Å². The average molecular weight is 336 g/mol. The molecule has 0 amide bonds. The molecule has 3 aromatic rings. The molecule has 0 aliphatic carbocycles. The normalized spacial score (nSPS) is 11.0. The van der Waals surface area contributed by atoms with Crippen molar-refractivity contribution in [3.05, 3.63) is 40.5 Å². The van der Waals surface area contributed by atoms with E-state index >= 15 is 0 Å². The number of benzene rings is 1. The van der Waals surface area contributed by atoms with Gasteiger partial charge < -0.3 is 5.73 Å². The van der Waals surface area contributed by atoms with Crippen LogP contribution in [0.25, 0.3) is 10.9 Å². The van der Waals surface area contributed by atoms with Crippen molar-refractivity contribution >= 4 is 44.5 Å². The number of fused-ring (bicyclic) bond motifs is 1. The predicted octanol–water partition coefficient (Wildman–Crippen LogP) is 2.99. The van der Waals surface area contributed by atoms with Gasteiger partial charge in [-0.05, 0) is 17.7 Å². The number of nitrogens with zero attached hydrogens (tertiary/aromatic N) is 3. The molecule has 0 spiro atoms. The smallest absolute Gasteiger partial charge is 0.216 e. The van der Waals surface area contributed by atoms with Crippen molar-refractivity contribution in [2.75, 3.05) is 5.73 Å². The van der Waals surface area contributed by atoms with E-state index in [2.05, 4.69) is 42.2 Å². The fraction of sp³-hybridized carbons (Fsp3) is 0.0833. The molecule has 0 radical (unpaired) electrons. The third-order valence-electron chi connectivity index (χ3n) is 2.64. The highest BCUT2D eigenvalue weighted by Crippen LogP contribution is 2.28. The Morgan fingerprint density at radius 2 is 2.21 bits per heavy atom. The van der Waals surface area contributed by atoms with E-state index in [1.54, 1.807) is 6.20 Å². The highest BCUT2D eigenvalue weighted by molar-refractivity contribution is 9.10. The van der Waals surface area contributed by atoms with Crippen LogP contribution in [-0.4, -0.2) is 20.2 Å². The summed E-state index contributed by atoms with van der Waals surface area (Å²) in [6, 6.07) is 8.07. The number of rotatable bonds is 3. The zero-order chi connectivity index (χ0) is 13.2. The van der Waals surface area contributed by atoms with Crippen LogP contribution in [0.2, 0.25) is 0 Å². The second-order valence-electron chi connectivity index (χ2n) is 3.90. The number of H-pyrrole nitrogens is 1. The molecule has 19 heavy (non-hydrogen) atoms. The van der Waals surface area contributed by atoms with E-state index in [9.17, 15) is 0 Å². The van der Waals surface area contributed by atoms with E-state index in [0.717, 1.165) is 26.7 Å². The van der Waals surface area contributed by atoms with Gasteiger partial charge in [-0.25, -0.2) is 5.10 Å². The number of nitrogen functional groups attached to an aromatic ring is 1. The summed E-state index contributed by atoms with van der Waals surface area (Å²) in [6.07, 6.45) is 1.80. The van der Waals surface area contributed by atoms with Crippen LogP contribution in [0.4, 0.5) is 5.95 Å². The molecule has 2 heterocycles. The maximum atomic E-state index is 5.50. The Morgan fingerprint density at radius 3 is 3.00 bits per heavy atom. The Bertz CT molecular complexity index is 727. The van der Waals surface area contributed by atoms with Gasteiger partial charge >= 0.3 is 0 Å². The minimum absolute atomic E-state index is 0.335.